The van der Waals surface area contributed by atoms with Crippen molar-refractivity contribution in [3.63, 3.8) is 0 Å². The molecule has 1 fully saturated rings. The van der Waals surface area contributed by atoms with E-state index in [0.717, 1.165) is 12.8 Å². The van der Waals surface area contributed by atoms with Crippen molar-refractivity contribution >= 4 is 12.0 Å². The molecule has 2 amide bonds. The third kappa shape index (κ3) is 3.89. The van der Waals surface area contributed by atoms with Gasteiger partial charge in [-0.3, -0.25) is 0 Å². The van der Waals surface area contributed by atoms with Crippen LogP contribution in [0.3, 0.4) is 0 Å². The number of nitrogens with one attached hydrogen (secondary N) is 1. The lowest BCUT2D eigenvalue weighted by atomic mass is 10.1. The van der Waals surface area contributed by atoms with Crippen molar-refractivity contribution < 1.29 is 19.8 Å². The van der Waals surface area contributed by atoms with Crippen LogP contribution < -0.4 is 5.32 Å². The predicted octanol–water partition coefficient (Wildman–Crippen LogP) is 0.262. The lowest BCUT2D eigenvalue weighted by Gasteiger charge is -2.25. The third-order valence-electron chi connectivity index (χ3n) is 2.80. The van der Waals surface area contributed by atoms with E-state index in [1.165, 1.54) is 4.90 Å². The minimum absolute atomic E-state index is 0.108. The number of carbonyl (C=O) groups excluding carboxylic acids is 1. The first-order chi connectivity index (χ1) is 7.97. The van der Waals surface area contributed by atoms with E-state index in [1.54, 1.807) is 13.8 Å². The van der Waals surface area contributed by atoms with Crippen LogP contribution in [0.15, 0.2) is 0 Å². The molecule has 1 aliphatic carbocycles. The molecule has 6 heteroatoms. The summed E-state index contributed by atoms with van der Waals surface area (Å²) in [5.74, 6) is -1.21. The zero-order valence-electron chi connectivity index (χ0n) is 10.2. The van der Waals surface area contributed by atoms with Gasteiger partial charge in [0.15, 0.2) is 0 Å². The number of amides is 2. The fourth-order valence-electron chi connectivity index (χ4n) is 1.67. The van der Waals surface area contributed by atoms with Gasteiger partial charge in [0.1, 0.15) is 6.04 Å². The number of aliphatic carboxylic acids is 1. The topological polar surface area (TPSA) is 89.9 Å². The van der Waals surface area contributed by atoms with E-state index in [2.05, 4.69) is 5.32 Å². The number of carboxylic acids is 1. The molecule has 0 aromatic heterocycles. The van der Waals surface area contributed by atoms with E-state index in [4.69, 9.17) is 10.2 Å². The standard InChI is InChI=1S/C11H20N2O4/c1-7(2)9(10(15)16)12-11(17)13(5-6-14)8-3-4-8/h7-9,14H,3-6H2,1-2H3,(H,12,17)(H,15,16). The first-order valence-electron chi connectivity index (χ1n) is 5.88. The van der Waals surface area contributed by atoms with Crippen molar-refractivity contribution in [1.82, 2.24) is 10.2 Å². The Morgan fingerprint density at radius 1 is 1.41 bits per heavy atom. The molecule has 0 saturated heterocycles. The second-order valence-corrected chi connectivity index (χ2v) is 4.66. The van der Waals surface area contributed by atoms with Crippen molar-refractivity contribution in [2.45, 2.75) is 38.8 Å². The van der Waals surface area contributed by atoms with E-state index in [1.807, 2.05) is 0 Å². The molecule has 1 saturated carbocycles. The fourth-order valence-corrected chi connectivity index (χ4v) is 1.67. The molecular formula is C11H20N2O4. The minimum Gasteiger partial charge on any atom is -0.480 e. The molecule has 0 heterocycles. The largest absolute Gasteiger partial charge is 0.480 e. The maximum Gasteiger partial charge on any atom is 0.326 e. The summed E-state index contributed by atoms with van der Waals surface area (Å²) in [6, 6.07) is -1.13. The summed E-state index contributed by atoms with van der Waals surface area (Å²) in [5, 5.41) is 20.4. The molecular weight excluding hydrogens is 224 g/mol. The predicted molar refractivity (Wildman–Crippen MR) is 61.6 cm³/mol. The van der Waals surface area contributed by atoms with Gasteiger partial charge < -0.3 is 20.4 Å². The highest BCUT2D eigenvalue weighted by Gasteiger charge is 2.34. The number of hydrogen-bond donors (Lipinski definition) is 3. The number of carbonyl (C=O) groups is 2. The van der Waals surface area contributed by atoms with Gasteiger partial charge in [-0.25, -0.2) is 9.59 Å². The van der Waals surface area contributed by atoms with Gasteiger partial charge in [0.05, 0.1) is 6.61 Å². The molecule has 0 aromatic rings. The number of carboxylic acid groups (broad SMARTS) is 1. The van der Waals surface area contributed by atoms with Crippen LogP contribution in [0.1, 0.15) is 26.7 Å². The molecule has 1 atom stereocenters. The van der Waals surface area contributed by atoms with Gasteiger partial charge in [-0.2, -0.15) is 0 Å². The van der Waals surface area contributed by atoms with Gasteiger partial charge in [0.2, 0.25) is 0 Å². The first kappa shape index (κ1) is 13.8. The minimum atomic E-state index is -1.03. The van der Waals surface area contributed by atoms with Crippen LogP contribution in [0, 0.1) is 5.92 Å². The summed E-state index contributed by atoms with van der Waals surface area (Å²) in [6.07, 6.45) is 1.85. The monoisotopic (exact) mass is 244 g/mol. The summed E-state index contributed by atoms with van der Waals surface area (Å²) in [4.78, 5) is 24.3. The summed E-state index contributed by atoms with van der Waals surface area (Å²) in [7, 11) is 0. The molecule has 0 aromatic carbocycles. The zero-order chi connectivity index (χ0) is 13.0. The van der Waals surface area contributed by atoms with Crippen molar-refractivity contribution in [3.8, 4) is 0 Å². The van der Waals surface area contributed by atoms with Crippen LogP contribution in [0.4, 0.5) is 4.79 Å². The number of rotatable bonds is 6. The second kappa shape index (κ2) is 5.86. The quantitative estimate of drug-likeness (QED) is 0.625. The van der Waals surface area contributed by atoms with Crippen LogP contribution in [-0.4, -0.2) is 52.3 Å². The van der Waals surface area contributed by atoms with Crippen LogP contribution in [0.5, 0.6) is 0 Å². The number of aliphatic hydroxyl groups excluding tert-OH is 1. The summed E-state index contributed by atoms with van der Waals surface area (Å²) in [5.41, 5.74) is 0. The molecule has 0 radical (unpaired) electrons. The van der Waals surface area contributed by atoms with Crippen molar-refractivity contribution in [1.29, 1.82) is 0 Å². The molecule has 3 N–H and O–H groups in total. The van der Waals surface area contributed by atoms with E-state index < -0.39 is 18.0 Å². The second-order valence-electron chi connectivity index (χ2n) is 4.66. The van der Waals surface area contributed by atoms with Crippen molar-refractivity contribution in [2.75, 3.05) is 13.2 Å². The van der Waals surface area contributed by atoms with Gasteiger partial charge >= 0.3 is 12.0 Å². The molecule has 1 unspecified atom stereocenters. The summed E-state index contributed by atoms with van der Waals surface area (Å²) >= 11 is 0. The van der Waals surface area contributed by atoms with Gasteiger partial charge in [-0.15, -0.1) is 0 Å². The smallest absolute Gasteiger partial charge is 0.326 e. The van der Waals surface area contributed by atoms with Crippen LogP contribution >= 0.6 is 0 Å². The van der Waals surface area contributed by atoms with E-state index in [9.17, 15) is 9.59 Å². The number of hydrogen-bond acceptors (Lipinski definition) is 3. The molecule has 1 rings (SSSR count). The summed E-state index contributed by atoms with van der Waals surface area (Å²) < 4.78 is 0. The van der Waals surface area contributed by atoms with Gasteiger partial charge in [-0.05, 0) is 18.8 Å². The Hall–Kier alpha value is -1.30. The van der Waals surface area contributed by atoms with Gasteiger partial charge in [0, 0.05) is 12.6 Å². The SMILES string of the molecule is CC(C)C(NC(=O)N(CCO)C1CC1)C(=O)O. The highest BCUT2D eigenvalue weighted by molar-refractivity contribution is 5.83. The average Bonchev–Trinajstić information content (AvgIpc) is 3.04. The molecule has 98 valence electrons. The Morgan fingerprint density at radius 3 is 2.35 bits per heavy atom. The lowest BCUT2D eigenvalue weighted by molar-refractivity contribution is -0.140. The maximum absolute atomic E-state index is 11.9. The Labute approximate surface area is 101 Å². The van der Waals surface area contributed by atoms with Gasteiger partial charge in [0.25, 0.3) is 0 Å². The van der Waals surface area contributed by atoms with E-state index >= 15 is 0 Å². The highest BCUT2D eigenvalue weighted by Crippen LogP contribution is 2.26. The molecule has 6 nitrogen and oxygen atoms in total. The number of nitrogens with zero attached hydrogens (tertiary/aromatic N) is 1. The Balaban J connectivity index is 2.57. The normalized spacial score (nSPS) is 16.7. The molecule has 17 heavy (non-hydrogen) atoms. The first-order valence-corrected chi connectivity index (χ1v) is 5.88. The third-order valence-corrected chi connectivity index (χ3v) is 2.80. The number of urea groups is 1. The van der Waals surface area contributed by atoms with Crippen molar-refractivity contribution in [2.24, 2.45) is 5.92 Å². The Bertz CT molecular complexity index is 289. The maximum atomic E-state index is 11.9. The van der Waals surface area contributed by atoms with E-state index in [0.29, 0.717) is 0 Å². The molecule has 0 aliphatic heterocycles. The number of aliphatic hydroxyl groups is 1. The average molecular weight is 244 g/mol. The van der Waals surface area contributed by atoms with Crippen LogP contribution in [0.2, 0.25) is 0 Å². The Morgan fingerprint density at radius 2 is 2.00 bits per heavy atom. The van der Waals surface area contributed by atoms with Crippen LogP contribution in [-0.2, 0) is 4.79 Å². The van der Waals surface area contributed by atoms with Crippen molar-refractivity contribution in [3.05, 3.63) is 0 Å². The zero-order valence-corrected chi connectivity index (χ0v) is 10.2. The van der Waals surface area contributed by atoms with Gasteiger partial charge in [-0.1, -0.05) is 13.8 Å². The fraction of sp³-hybridized carbons (Fsp3) is 0.818. The summed E-state index contributed by atoms with van der Waals surface area (Å²) in [6.45, 7) is 3.63. The lowest BCUT2D eigenvalue weighted by Crippen LogP contribution is -2.51. The van der Waals surface area contributed by atoms with E-state index in [-0.39, 0.29) is 25.1 Å². The highest BCUT2D eigenvalue weighted by atomic mass is 16.4. The molecule has 1 aliphatic rings. The molecule has 0 bridgehead atoms. The molecule has 0 spiro atoms. The van der Waals surface area contributed by atoms with Crippen LogP contribution in [0.25, 0.3) is 0 Å². The Kier molecular flexibility index (Phi) is 4.74.